The summed E-state index contributed by atoms with van der Waals surface area (Å²) in [7, 11) is 0. The Balaban J connectivity index is 1.99. The van der Waals surface area contributed by atoms with Crippen molar-refractivity contribution in [3.05, 3.63) is 28.2 Å². The van der Waals surface area contributed by atoms with Crippen molar-refractivity contribution < 1.29 is 4.74 Å². The molecule has 108 valence electrons. The molecule has 0 bridgehead atoms. The Hall–Kier alpha value is -0.650. The molecule has 1 aliphatic heterocycles. The molecule has 1 heterocycles. The summed E-state index contributed by atoms with van der Waals surface area (Å²) in [5.41, 5.74) is 8.03. The van der Waals surface area contributed by atoms with E-state index in [-0.39, 0.29) is 0 Å². The molecule has 1 saturated carbocycles. The topological polar surface area (TPSA) is 38.5 Å². The van der Waals surface area contributed by atoms with Gasteiger partial charge in [0.2, 0.25) is 0 Å². The predicted molar refractivity (Wildman–Crippen MR) is 89.4 cm³/mol. The van der Waals surface area contributed by atoms with Gasteiger partial charge in [-0.2, -0.15) is 0 Å². The second-order valence-electron chi connectivity index (χ2n) is 5.45. The van der Waals surface area contributed by atoms with Crippen LogP contribution in [0.2, 0.25) is 0 Å². The zero-order chi connectivity index (χ0) is 14.1. The van der Waals surface area contributed by atoms with Gasteiger partial charge in [-0.15, -0.1) is 0 Å². The van der Waals surface area contributed by atoms with Crippen LogP contribution in [0.1, 0.15) is 31.2 Å². The number of nitrogens with two attached hydrogens (primary N) is 1. The average Bonchev–Trinajstić information content (AvgIpc) is 2.46. The molecule has 2 atom stereocenters. The van der Waals surface area contributed by atoms with E-state index >= 15 is 0 Å². The monoisotopic (exact) mass is 354 g/mol. The first-order valence-corrected chi connectivity index (χ1v) is 8.35. The normalized spacial score (nSPS) is 26.1. The molecule has 20 heavy (non-hydrogen) atoms. The van der Waals surface area contributed by atoms with Crippen molar-refractivity contribution in [2.45, 2.75) is 37.8 Å². The second kappa shape index (κ2) is 6.00. The number of anilines is 1. The van der Waals surface area contributed by atoms with Gasteiger partial charge < -0.3 is 15.4 Å². The number of hydrogen-bond donors (Lipinski definition) is 1. The number of ether oxygens (including phenoxy) is 1. The fraction of sp³-hybridized carbons (Fsp3) is 0.533. The van der Waals surface area contributed by atoms with Gasteiger partial charge in [-0.25, -0.2) is 0 Å². The molecule has 2 aliphatic rings. The van der Waals surface area contributed by atoms with Crippen molar-refractivity contribution in [1.29, 1.82) is 0 Å². The molecule has 1 aliphatic carbocycles. The number of nitrogens with zero attached hydrogens (tertiary/aromatic N) is 1. The van der Waals surface area contributed by atoms with Crippen molar-refractivity contribution >= 4 is 38.8 Å². The molecule has 1 aromatic rings. The Kier molecular flexibility index (Phi) is 4.29. The van der Waals surface area contributed by atoms with Crippen LogP contribution in [-0.2, 0) is 4.74 Å². The van der Waals surface area contributed by atoms with Gasteiger partial charge in [0.25, 0.3) is 0 Å². The lowest BCUT2D eigenvalue weighted by Crippen LogP contribution is -2.53. The maximum atomic E-state index is 5.95. The Morgan fingerprint density at radius 2 is 2.15 bits per heavy atom. The van der Waals surface area contributed by atoms with Gasteiger partial charge in [0.15, 0.2) is 0 Å². The van der Waals surface area contributed by atoms with Crippen LogP contribution < -0.4 is 10.6 Å². The molecule has 3 nitrogen and oxygen atoms in total. The van der Waals surface area contributed by atoms with Gasteiger partial charge in [0.05, 0.1) is 18.8 Å². The molecule has 5 heteroatoms. The van der Waals surface area contributed by atoms with E-state index < -0.39 is 0 Å². The Morgan fingerprint density at radius 3 is 2.95 bits per heavy atom. The average molecular weight is 355 g/mol. The van der Waals surface area contributed by atoms with E-state index in [1.807, 2.05) is 6.07 Å². The van der Waals surface area contributed by atoms with Crippen LogP contribution in [0.4, 0.5) is 5.69 Å². The quantitative estimate of drug-likeness (QED) is 0.827. The third-order valence-corrected chi connectivity index (χ3v) is 5.14. The number of hydrogen-bond acceptors (Lipinski definition) is 3. The number of benzene rings is 1. The summed E-state index contributed by atoms with van der Waals surface area (Å²) in [5.74, 6) is 0. The molecule has 2 fully saturated rings. The maximum absolute atomic E-state index is 5.95. The molecule has 1 saturated heterocycles. The number of halogens is 1. The standard InChI is InChI=1S/C15H19BrN2OS/c16-10-4-3-6-12(14(10)15(17)20)18-8-9-19-13-7-2-1-5-11(13)18/h3-4,6,11,13H,1-2,5,7-9H2,(H2,17,20). The van der Waals surface area contributed by atoms with Crippen molar-refractivity contribution in [3.8, 4) is 0 Å². The van der Waals surface area contributed by atoms with E-state index in [0.717, 1.165) is 35.3 Å². The van der Waals surface area contributed by atoms with Crippen molar-refractivity contribution in [2.75, 3.05) is 18.1 Å². The molecule has 2 unspecified atom stereocenters. The van der Waals surface area contributed by atoms with Gasteiger partial charge >= 0.3 is 0 Å². The van der Waals surface area contributed by atoms with E-state index in [1.54, 1.807) is 0 Å². The molecule has 0 radical (unpaired) electrons. The number of morpholine rings is 1. The van der Waals surface area contributed by atoms with Crippen LogP contribution in [0.3, 0.4) is 0 Å². The first kappa shape index (κ1) is 14.3. The lowest BCUT2D eigenvalue weighted by molar-refractivity contribution is -0.00868. The molecule has 1 aromatic carbocycles. The SMILES string of the molecule is NC(=S)c1c(Br)cccc1N1CCOC2CCCCC21. The summed E-state index contributed by atoms with van der Waals surface area (Å²) < 4.78 is 6.92. The van der Waals surface area contributed by atoms with Crippen LogP contribution in [0.5, 0.6) is 0 Å². The number of thiocarbonyl (C=S) groups is 1. The highest BCUT2D eigenvalue weighted by Gasteiger charge is 2.35. The smallest absolute Gasteiger partial charge is 0.107 e. The van der Waals surface area contributed by atoms with Gasteiger partial charge in [-0.1, -0.05) is 31.1 Å². The number of rotatable bonds is 2. The van der Waals surface area contributed by atoms with Crippen LogP contribution in [0, 0.1) is 0 Å². The van der Waals surface area contributed by atoms with E-state index in [2.05, 4.69) is 33.0 Å². The largest absolute Gasteiger partial charge is 0.389 e. The zero-order valence-electron chi connectivity index (χ0n) is 11.3. The maximum Gasteiger partial charge on any atom is 0.107 e. The highest BCUT2D eigenvalue weighted by atomic mass is 79.9. The summed E-state index contributed by atoms with van der Waals surface area (Å²) in [4.78, 5) is 2.90. The van der Waals surface area contributed by atoms with Crippen LogP contribution in [0.15, 0.2) is 22.7 Å². The van der Waals surface area contributed by atoms with Crippen LogP contribution >= 0.6 is 28.1 Å². The second-order valence-corrected chi connectivity index (χ2v) is 6.75. The summed E-state index contributed by atoms with van der Waals surface area (Å²) in [5, 5.41) is 0. The fourth-order valence-electron chi connectivity index (χ4n) is 3.39. The lowest BCUT2D eigenvalue weighted by atomic mass is 9.89. The minimum Gasteiger partial charge on any atom is -0.389 e. The minimum absolute atomic E-state index is 0.357. The molecule has 2 N–H and O–H groups in total. The number of fused-ring (bicyclic) bond motifs is 1. The summed E-state index contributed by atoms with van der Waals surface area (Å²) >= 11 is 8.82. The highest BCUT2D eigenvalue weighted by molar-refractivity contribution is 9.10. The van der Waals surface area contributed by atoms with E-state index in [9.17, 15) is 0 Å². The van der Waals surface area contributed by atoms with Crippen molar-refractivity contribution in [2.24, 2.45) is 5.73 Å². The first-order valence-electron chi connectivity index (χ1n) is 7.15. The minimum atomic E-state index is 0.357. The van der Waals surface area contributed by atoms with Crippen LogP contribution in [-0.4, -0.2) is 30.3 Å². The lowest BCUT2D eigenvalue weighted by Gasteiger charge is -2.45. The van der Waals surface area contributed by atoms with E-state index in [0.29, 0.717) is 17.1 Å². The van der Waals surface area contributed by atoms with Crippen LogP contribution in [0.25, 0.3) is 0 Å². The van der Waals surface area contributed by atoms with Gasteiger partial charge in [0, 0.05) is 22.3 Å². The zero-order valence-corrected chi connectivity index (χ0v) is 13.8. The molecular formula is C15H19BrN2OS. The molecular weight excluding hydrogens is 336 g/mol. The first-order chi connectivity index (χ1) is 9.68. The van der Waals surface area contributed by atoms with E-state index in [4.69, 9.17) is 22.7 Å². The predicted octanol–water partition coefficient (Wildman–Crippen LogP) is 3.23. The fourth-order valence-corrected chi connectivity index (χ4v) is 4.31. The molecule has 0 spiro atoms. The molecule has 0 amide bonds. The van der Waals surface area contributed by atoms with Crippen molar-refractivity contribution in [3.63, 3.8) is 0 Å². The van der Waals surface area contributed by atoms with Gasteiger partial charge in [0.1, 0.15) is 4.99 Å². The molecule has 0 aromatic heterocycles. The van der Waals surface area contributed by atoms with Crippen molar-refractivity contribution in [1.82, 2.24) is 0 Å². The summed E-state index contributed by atoms with van der Waals surface area (Å²) in [6.45, 7) is 1.69. The van der Waals surface area contributed by atoms with E-state index in [1.165, 1.54) is 19.3 Å². The van der Waals surface area contributed by atoms with Gasteiger partial charge in [-0.05, 0) is 40.9 Å². The Labute approximate surface area is 133 Å². The highest BCUT2D eigenvalue weighted by Crippen LogP contribution is 2.35. The third kappa shape index (κ3) is 2.59. The Bertz CT molecular complexity index is 521. The summed E-state index contributed by atoms with van der Waals surface area (Å²) in [6.07, 6.45) is 5.26. The Morgan fingerprint density at radius 1 is 1.35 bits per heavy atom. The summed E-state index contributed by atoms with van der Waals surface area (Å²) in [6, 6.07) is 6.63. The van der Waals surface area contributed by atoms with Gasteiger partial charge in [-0.3, -0.25) is 0 Å². The third-order valence-electron chi connectivity index (χ3n) is 4.28. The molecule has 3 rings (SSSR count).